The third-order valence-corrected chi connectivity index (χ3v) is 3.85. The van der Waals surface area contributed by atoms with Gasteiger partial charge in [0.25, 0.3) is 5.92 Å². The monoisotopic (exact) mass is 349 g/mol. The third-order valence-electron chi connectivity index (χ3n) is 3.68. The number of ether oxygens (including phenoxy) is 1. The van der Waals surface area contributed by atoms with E-state index in [4.69, 9.17) is 16.3 Å². The molecule has 1 aromatic carbocycles. The smallest absolute Gasteiger partial charge is 0.265 e. The summed E-state index contributed by atoms with van der Waals surface area (Å²) < 4.78 is 60.3. The summed E-state index contributed by atoms with van der Waals surface area (Å²) in [6.07, 6.45) is -0.0314. The van der Waals surface area contributed by atoms with Crippen molar-refractivity contribution in [3.05, 3.63) is 23.0 Å². The number of rotatable bonds is 2. The number of methoxy groups -OCH3 is 1. The summed E-state index contributed by atoms with van der Waals surface area (Å²) in [4.78, 5) is 8.90. The van der Waals surface area contributed by atoms with Crippen molar-refractivity contribution in [2.75, 3.05) is 25.1 Å². The molecule has 1 fully saturated rings. The van der Waals surface area contributed by atoms with Crippen LogP contribution >= 0.6 is 11.6 Å². The highest BCUT2D eigenvalue weighted by molar-refractivity contribution is 6.29. The average molecular weight is 350 g/mol. The number of hydrogen-bond acceptors (Lipinski definition) is 4. The maximum absolute atomic E-state index is 14.0. The fourth-order valence-electron chi connectivity index (χ4n) is 2.74. The van der Waals surface area contributed by atoms with Gasteiger partial charge >= 0.3 is 0 Å². The number of benzene rings is 1. The van der Waals surface area contributed by atoms with Crippen molar-refractivity contribution in [1.29, 1.82) is 0 Å². The van der Waals surface area contributed by atoms with E-state index in [1.807, 2.05) is 0 Å². The Bertz CT molecular complexity index is 772. The van der Waals surface area contributed by atoms with Gasteiger partial charge in [0.2, 0.25) is 5.28 Å². The predicted molar refractivity (Wildman–Crippen MR) is 77.4 cm³/mol. The van der Waals surface area contributed by atoms with Gasteiger partial charge in [-0.1, -0.05) is 0 Å². The van der Waals surface area contributed by atoms with Crippen LogP contribution in [0.25, 0.3) is 10.9 Å². The molecule has 0 spiro atoms. The largest absolute Gasteiger partial charge is 0.493 e. The van der Waals surface area contributed by atoms with Gasteiger partial charge in [0, 0.05) is 19.0 Å². The van der Waals surface area contributed by atoms with Gasteiger partial charge in [-0.3, -0.25) is 0 Å². The van der Waals surface area contributed by atoms with Gasteiger partial charge in [-0.05, 0) is 18.0 Å². The molecule has 1 aliphatic heterocycles. The summed E-state index contributed by atoms with van der Waals surface area (Å²) in [5.41, 5.74) is -0.271. The van der Waals surface area contributed by atoms with E-state index in [9.17, 15) is 17.6 Å². The van der Waals surface area contributed by atoms with Gasteiger partial charge < -0.3 is 9.64 Å². The van der Waals surface area contributed by atoms with E-state index < -0.39 is 24.1 Å². The zero-order chi connectivity index (χ0) is 16.8. The number of alkyl halides is 2. The summed E-state index contributed by atoms with van der Waals surface area (Å²) >= 11 is 5.78. The van der Waals surface area contributed by atoms with Crippen molar-refractivity contribution >= 4 is 28.3 Å². The molecule has 124 valence electrons. The van der Waals surface area contributed by atoms with Crippen LogP contribution in [-0.2, 0) is 0 Å². The molecular weight excluding hydrogens is 338 g/mol. The lowest BCUT2D eigenvalue weighted by Gasteiger charge is -2.34. The molecule has 2 aromatic rings. The quantitative estimate of drug-likeness (QED) is 0.610. The van der Waals surface area contributed by atoms with Gasteiger partial charge in [0.05, 0.1) is 19.0 Å². The Labute approximate surface area is 134 Å². The highest BCUT2D eigenvalue weighted by Gasteiger charge is 2.37. The second kappa shape index (κ2) is 5.67. The third kappa shape index (κ3) is 2.87. The minimum Gasteiger partial charge on any atom is -0.493 e. The number of nitrogens with zero attached hydrogens (tertiary/aromatic N) is 3. The second-order valence-electron chi connectivity index (χ2n) is 5.29. The van der Waals surface area contributed by atoms with Crippen LogP contribution < -0.4 is 9.64 Å². The molecule has 0 N–H and O–H groups in total. The topological polar surface area (TPSA) is 38.3 Å². The van der Waals surface area contributed by atoms with Gasteiger partial charge in [0.15, 0.2) is 17.4 Å². The Kier molecular flexibility index (Phi) is 3.95. The van der Waals surface area contributed by atoms with Crippen LogP contribution in [0, 0.1) is 11.6 Å². The normalized spacial score (nSPS) is 17.6. The molecule has 0 unspecified atom stereocenters. The number of halogens is 5. The van der Waals surface area contributed by atoms with Crippen LogP contribution in [0.5, 0.6) is 5.75 Å². The molecule has 23 heavy (non-hydrogen) atoms. The number of hydrogen-bond donors (Lipinski definition) is 0. The molecule has 0 radical (unpaired) electrons. The minimum atomic E-state index is -2.92. The van der Waals surface area contributed by atoms with Crippen molar-refractivity contribution < 1.29 is 22.3 Å². The Balaban J connectivity index is 2.27. The number of piperidine rings is 1. The van der Waals surface area contributed by atoms with Crippen LogP contribution in [0.15, 0.2) is 6.07 Å². The first-order valence-corrected chi connectivity index (χ1v) is 7.22. The average Bonchev–Trinajstić information content (AvgIpc) is 2.46. The molecule has 9 heteroatoms. The van der Waals surface area contributed by atoms with E-state index in [0.29, 0.717) is 6.07 Å². The molecule has 4 nitrogen and oxygen atoms in total. The van der Waals surface area contributed by atoms with Crippen molar-refractivity contribution in [2.24, 2.45) is 0 Å². The number of fused-ring (bicyclic) bond motifs is 1. The van der Waals surface area contributed by atoms with E-state index >= 15 is 0 Å². The molecular formula is C14H12ClF4N3O. The highest BCUT2D eigenvalue weighted by atomic mass is 35.5. The van der Waals surface area contributed by atoms with Crippen molar-refractivity contribution in [1.82, 2.24) is 9.97 Å². The van der Waals surface area contributed by atoms with Crippen LogP contribution in [0.2, 0.25) is 5.28 Å². The summed E-state index contributed by atoms with van der Waals surface area (Å²) in [5.74, 6) is -5.21. The molecule has 1 aromatic heterocycles. The maximum atomic E-state index is 14.0. The Morgan fingerprint density at radius 2 is 2.00 bits per heavy atom. The van der Waals surface area contributed by atoms with Crippen LogP contribution in [0.4, 0.5) is 23.4 Å². The zero-order valence-electron chi connectivity index (χ0n) is 12.0. The molecule has 0 aliphatic carbocycles. The standard InChI is InChI=1S/C14H12ClF4N3O/c1-23-11-8(17)5-7(16)10-9(11)12(21-13(15)20-10)22-4-2-3-14(18,19)6-22/h5H,2-4,6H2,1H3. The van der Waals surface area contributed by atoms with Gasteiger partial charge in [0.1, 0.15) is 11.3 Å². The Morgan fingerprint density at radius 3 is 2.65 bits per heavy atom. The Morgan fingerprint density at radius 1 is 1.26 bits per heavy atom. The summed E-state index contributed by atoms with van der Waals surface area (Å²) in [6.45, 7) is -0.351. The molecule has 0 saturated carbocycles. The van der Waals surface area contributed by atoms with E-state index in [1.54, 1.807) is 0 Å². The van der Waals surface area contributed by atoms with Crippen molar-refractivity contribution in [3.8, 4) is 5.75 Å². The Hall–Kier alpha value is -1.83. The number of aromatic nitrogens is 2. The lowest BCUT2D eigenvalue weighted by atomic mass is 10.1. The zero-order valence-corrected chi connectivity index (χ0v) is 12.8. The fraction of sp³-hybridized carbons (Fsp3) is 0.429. The molecule has 0 atom stereocenters. The lowest BCUT2D eigenvalue weighted by Crippen LogP contribution is -2.43. The fourth-order valence-corrected chi connectivity index (χ4v) is 2.91. The number of anilines is 1. The maximum Gasteiger partial charge on any atom is 0.265 e. The molecule has 1 aliphatic rings. The summed E-state index contributed by atoms with van der Waals surface area (Å²) in [6, 6.07) is 0.610. The molecule has 0 bridgehead atoms. The van der Waals surface area contributed by atoms with Gasteiger partial charge in [-0.25, -0.2) is 22.5 Å². The lowest BCUT2D eigenvalue weighted by molar-refractivity contribution is -0.0118. The second-order valence-corrected chi connectivity index (χ2v) is 5.63. The van der Waals surface area contributed by atoms with E-state index in [2.05, 4.69) is 9.97 Å². The molecule has 2 heterocycles. The molecule has 1 saturated heterocycles. The van der Waals surface area contributed by atoms with E-state index in [0.717, 1.165) is 0 Å². The first-order valence-electron chi connectivity index (χ1n) is 6.84. The first-order chi connectivity index (χ1) is 10.8. The van der Waals surface area contributed by atoms with Crippen LogP contribution in [-0.4, -0.2) is 36.1 Å². The van der Waals surface area contributed by atoms with Crippen LogP contribution in [0.1, 0.15) is 12.8 Å². The minimum absolute atomic E-state index is 0.0605. The summed E-state index contributed by atoms with van der Waals surface area (Å²) in [5, 5.41) is -0.416. The van der Waals surface area contributed by atoms with Gasteiger partial charge in [-0.15, -0.1) is 0 Å². The highest BCUT2D eigenvalue weighted by Crippen LogP contribution is 2.39. The van der Waals surface area contributed by atoms with E-state index in [1.165, 1.54) is 12.0 Å². The first kappa shape index (κ1) is 16.0. The van der Waals surface area contributed by atoms with Gasteiger partial charge in [-0.2, -0.15) is 4.98 Å². The van der Waals surface area contributed by atoms with Crippen LogP contribution in [0.3, 0.4) is 0 Å². The SMILES string of the molecule is COc1c(F)cc(F)c2nc(Cl)nc(N3CCCC(F)(F)C3)c12. The van der Waals surface area contributed by atoms with E-state index in [-0.39, 0.29) is 47.1 Å². The molecule has 0 amide bonds. The molecule has 3 rings (SSSR count). The summed E-state index contributed by atoms with van der Waals surface area (Å²) in [7, 11) is 1.19. The van der Waals surface area contributed by atoms with Crippen molar-refractivity contribution in [2.45, 2.75) is 18.8 Å². The predicted octanol–water partition coefficient (Wildman–Crippen LogP) is 3.81. The van der Waals surface area contributed by atoms with Crippen molar-refractivity contribution in [3.63, 3.8) is 0 Å².